The summed E-state index contributed by atoms with van der Waals surface area (Å²) in [6.45, 7) is 2.72. The van der Waals surface area contributed by atoms with Gasteiger partial charge in [0.25, 0.3) is 0 Å². The van der Waals surface area contributed by atoms with Gasteiger partial charge in [0.1, 0.15) is 0 Å². The first kappa shape index (κ1) is 12.6. The van der Waals surface area contributed by atoms with Crippen LogP contribution < -0.4 is 0 Å². The van der Waals surface area contributed by atoms with Gasteiger partial charge in [-0.1, -0.05) is 25.1 Å². The van der Waals surface area contributed by atoms with E-state index in [1.54, 1.807) is 18.9 Å². The Balaban J connectivity index is 2.68. The van der Waals surface area contributed by atoms with Crippen LogP contribution in [0.1, 0.15) is 25.0 Å². The van der Waals surface area contributed by atoms with Gasteiger partial charge in [-0.25, -0.2) is 0 Å². The van der Waals surface area contributed by atoms with Crippen LogP contribution in [0.2, 0.25) is 0 Å². The highest BCUT2D eigenvalue weighted by atomic mass is 32.2. The van der Waals surface area contributed by atoms with Crippen molar-refractivity contribution in [3.63, 3.8) is 0 Å². The average molecular weight is 226 g/mol. The second-order valence-corrected chi connectivity index (χ2v) is 4.44. The summed E-state index contributed by atoms with van der Waals surface area (Å²) in [5.74, 6) is 0.921. The minimum Gasteiger partial charge on any atom is -0.388 e. The second-order valence-electron chi connectivity index (χ2n) is 3.30. The van der Waals surface area contributed by atoms with Gasteiger partial charge in [0.15, 0.2) is 0 Å². The summed E-state index contributed by atoms with van der Waals surface area (Å²) < 4.78 is 5.01. The second kappa shape index (κ2) is 6.88. The van der Waals surface area contributed by atoms with E-state index < -0.39 is 0 Å². The number of aliphatic hydroxyl groups is 1. The Kier molecular flexibility index (Phi) is 5.76. The predicted molar refractivity (Wildman–Crippen MR) is 64.3 cm³/mol. The largest absolute Gasteiger partial charge is 0.388 e. The van der Waals surface area contributed by atoms with E-state index in [0.29, 0.717) is 0 Å². The SMILES string of the molecule is CCC(O)c1ccccc1SCCOC. The van der Waals surface area contributed by atoms with Crippen LogP contribution in [0.3, 0.4) is 0 Å². The molecule has 1 N–H and O–H groups in total. The molecule has 1 atom stereocenters. The molecule has 2 nitrogen and oxygen atoms in total. The highest BCUT2D eigenvalue weighted by Crippen LogP contribution is 2.28. The smallest absolute Gasteiger partial charge is 0.0798 e. The van der Waals surface area contributed by atoms with E-state index in [-0.39, 0.29) is 6.10 Å². The quantitative estimate of drug-likeness (QED) is 0.597. The monoisotopic (exact) mass is 226 g/mol. The lowest BCUT2D eigenvalue weighted by Gasteiger charge is -2.13. The molecule has 1 unspecified atom stereocenters. The van der Waals surface area contributed by atoms with Crippen molar-refractivity contribution in [2.75, 3.05) is 19.5 Å². The molecule has 0 aliphatic carbocycles. The van der Waals surface area contributed by atoms with E-state index in [2.05, 4.69) is 6.07 Å². The third-order valence-electron chi connectivity index (χ3n) is 2.21. The Morgan fingerprint density at radius 2 is 2.13 bits per heavy atom. The zero-order valence-electron chi connectivity index (χ0n) is 9.27. The fraction of sp³-hybridized carbons (Fsp3) is 0.500. The van der Waals surface area contributed by atoms with Gasteiger partial charge in [0.05, 0.1) is 12.7 Å². The fourth-order valence-corrected chi connectivity index (χ4v) is 2.36. The maximum absolute atomic E-state index is 9.82. The molecule has 0 heterocycles. The molecule has 84 valence electrons. The molecule has 1 aromatic rings. The minimum absolute atomic E-state index is 0.351. The standard InChI is InChI=1S/C12H18O2S/c1-3-11(13)10-6-4-5-7-12(10)15-9-8-14-2/h4-7,11,13H,3,8-9H2,1-2H3. The summed E-state index contributed by atoms with van der Waals surface area (Å²) in [4.78, 5) is 1.16. The van der Waals surface area contributed by atoms with E-state index >= 15 is 0 Å². The molecular weight excluding hydrogens is 208 g/mol. The van der Waals surface area contributed by atoms with Crippen LogP contribution in [-0.4, -0.2) is 24.6 Å². The van der Waals surface area contributed by atoms with Gasteiger partial charge in [-0.05, 0) is 18.1 Å². The summed E-state index contributed by atoms with van der Waals surface area (Å²) in [5.41, 5.74) is 1.03. The Labute approximate surface area is 95.7 Å². The van der Waals surface area contributed by atoms with Crippen molar-refractivity contribution >= 4 is 11.8 Å². The van der Waals surface area contributed by atoms with Crippen LogP contribution in [0.4, 0.5) is 0 Å². The summed E-state index contributed by atoms with van der Waals surface area (Å²) >= 11 is 1.73. The lowest BCUT2D eigenvalue weighted by atomic mass is 10.1. The number of aliphatic hydroxyl groups excluding tert-OH is 1. The lowest BCUT2D eigenvalue weighted by Crippen LogP contribution is -1.99. The minimum atomic E-state index is -0.351. The van der Waals surface area contributed by atoms with Crippen LogP contribution in [-0.2, 0) is 4.74 Å². The fourth-order valence-electron chi connectivity index (χ4n) is 1.34. The topological polar surface area (TPSA) is 29.5 Å². The summed E-state index contributed by atoms with van der Waals surface area (Å²) in [5, 5.41) is 9.82. The van der Waals surface area contributed by atoms with Crippen molar-refractivity contribution < 1.29 is 9.84 Å². The van der Waals surface area contributed by atoms with Crippen molar-refractivity contribution in [2.24, 2.45) is 0 Å². The molecule has 0 spiro atoms. The molecule has 0 aromatic heterocycles. The molecule has 0 aliphatic heterocycles. The third kappa shape index (κ3) is 3.86. The highest BCUT2D eigenvalue weighted by Gasteiger charge is 2.09. The molecule has 0 amide bonds. The van der Waals surface area contributed by atoms with Gasteiger partial charge in [-0.15, -0.1) is 11.8 Å². The zero-order valence-corrected chi connectivity index (χ0v) is 10.1. The Morgan fingerprint density at radius 1 is 1.40 bits per heavy atom. The van der Waals surface area contributed by atoms with Gasteiger partial charge in [-0.2, -0.15) is 0 Å². The van der Waals surface area contributed by atoms with E-state index in [1.165, 1.54) is 0 Å². The third-order valence-corrected chi connectivity index (χ3v) is 3.26. The number of ether oxygens (including phenoxy) is 1. The number of benzene rings is 1. The van der Waals surface area contributed by atoms with E-state index in [1.807, 2.05) is 25.1 Å². The molecule has 0 saturated heterocycles. The van der Waals surface area contributed by atoms with Gasteiger partial charge in [0, 0.05) is 17.8 Å². The zero-order chi connectivity index (χ0) is 11.1. The van der Waals surface area contributed by atoms with E-state index in [0.717, 1.165) is 29.2 Å². The molecule has 0 aliphatic rings. The van der Waals surface area contributed by atoms with Crippen LogP contribution in [0, 0.1) is 0 Å². The summed E-state index contributed by atoms with van der Waals surface area (Å²) in [6, 6.07) is 8.01. The molecule has 1 rings (SSSR count). The number of hydrogen-bond acceptors (Lipinski definition) is 3. The van der Waals surface area contributed by atoms with E-state index in [9.17, 15) is 5.11 Å². The van der Waals surface area contributed by atoms with Crippen LogP contribution in [0.25, 0.3) is 0 Å². The van der Waals surface area contributed by atoms with Crippen LogP contribution >= 0.6 is 11.8 Å². The summed E-state index contributed by atoms with van der Waals surface area (Å²) in [7, 11) is 1.70. The first-order chi connectivity index (χ1) is 7.29. The van der Waals surface area contributed by atoms with Gasteiger partial charge >= 0.3 is 0 Å². The number of rotatable bonds is 6. The average Bonchev–Trinajstić information content (AvgIpc) is 2.29. The van der Waals surface area contributed by atoms with Crippen molar-refractivity contribution in [3.05, 3.63) is 29.8 Å². The molecule has 0 radical (unpaired) electrons. The molecule has 0 saturated carbocycles. The normalized spacial score (nSPS) is 12.7. The van der Waals surface area contributed by atoms with Gasteiger partial charge in [0.2, 0.25) is 0 Å². The Morgan fingerprint density at radius 3 is 2.80 bits per heavy atom. The molecule has 1 aromatic carbocycles. The lowest BCUT2D eigenvalue weighted by molar-refractivity contribution is 0.171. The molecule has 0 fully saturated rings. The predicted octanol–water partition coefficient (Wildman–Crippen LogP) is 2.87. The number of hydrogen-bond donors (Lipinski definition) is 1. The van der Waals surface area contributed by atoms with Gasteiger partial charge in [-0.3, -0.25) is 0 Å². The molecule has 3 heteroatoms. The Hall–Kier alpha value is -0.510. The highest BCUT2D eigenvalue weighted by molar-refractivity contribution is 7.99. The van der Waals surface area contributed by atoms with Gasteiger partial charge < -0.3 is 9.84 Å². The van der Waals surface area contributed by atoms with E-state index in [4.69, 9.17) is 4.74 Å². The van der Waals surface area contributed by atoms with Crippen molar-refractivity contribution in [2.45, 2.75) is 24.3 Å². The van der Waals surface area contributed by atoms with Crippen molar-refractivity contribution in [1.29, 1.82) is 0 Å². The van der Waals surface area contributed by atoms with Crippen molar-refractivity contribution in [1.82, 2.24) is 0 Å². The first-order valence-corrected chi connectivity index (χ1v) is 6.16. The molecular formula is C12H18O2S. The number of methoxy groups -OCH3 is 1. The van der Waals surface area contributed by atoms with Crippen LogP contribution in [0.15, 0.2) is 29.2 Å². The molecule has 0 bridgehead atoms. The van der Waals surface area contributed by atoms with Crippen LogP contribution in [0.5, 0.6) is 0 Å². The first-order valence-electron chi connectivity index (χ1n) is 5.18. The maximum Gasteiger partial charge on any atom is 0.0798 e. The maximum atomic E-state index is 9.82. The number of thioether (sulfide) groups is 1. The Bertz CT molecular complexity index is 289. The van der Waals surface area contributed by atoms with Crippen molar-refractivity contribution in [3.8, 4) is 0 Å². The molecule has 15 heavy (non-hydrogen) atoms. The summed E-state index contributed by atoms with van der Waals surface area (Å²) in [6.07, 6.45) is 0.401.